The van der Waals surface area contributed by atoms with E-state index in [-0.39, 0.29) is 24.8 Å². The number of hydrogen-bond acceptors (Lipinski definition) is 2. The first-order chi connectivity index (χ1) is 4.29. The molecule has 1 rings (SSSR count). The van der Waals surface area contributed by atoms with E-state index in [4.69, 9.17) is 0 Å². The van der Waals surface area contributed by atoms with Gasteiger partial charge in [0.05, 0.1) is 0 Å². The molecular formula is C7H18Cl2N2. The smallest absolute Gasteiger partial charge is 0.0166 e. The lowest BCUT2D eigenvalue weighted by atomic mass is 10.3. The van der Waals surface area contributed by atoms with Crippen LogP contribution >= 0.6 is 24.8 Å². The maximum absolute atomic E-state index is 3.43. The fraction of sp³-hybridized carbons (Fsp3) is 1.00. The molecule has 0 aromatic heterocycles. The second kappa shape index (κ2) is 7.17. The fourth-order valence-corrected chi connectivity index (χ4v) is 1.32. The fourth-order valence-electron chi connectivity index (χ4n) is 1.32. The summed E-state index contributed by atoms with van der Waals surface area (Å²) in [5.41, 5.74) is 0. The Hall–Kier alpha value is 0.500. The molecule has 2 nitrogen and oxygen atoms in total. The van der Waals surface area contributed by atoms with E-state index in [0.29, 0.717) is 6.04 Å². The Kier molecular flexibility index (Phi) is 9.15. The molecule has 0 aromatic carbocycles. The largest absolute Gasteiger partial charge is 0.313 e. The number of hydrogen-bond donors (Lipinski definition) is 1. The van der Waals surface area contributed by atoms with Gasteiger partial charge in [0.1, 0.15) is 0 Å². The van der Waals surface area contributed by atoms with Crippen molar-refractivity contribution in [2.24, 2.45) is 0 Å². The van der Waals surface area contributed by atoms with Crippen molar-refractivity contribution in [1.82, 2.24) is 10.2 Å². The van der Waals surface area contributed by atoms with Crippen molar-refractivity contribution in [2.45, 2.75) is 19.4 Å². The summed E-state index contributed by atoms with van der Waals surface area (Å²) in [5.74, 6) is 0. The van der Waals surface area contributed by atoms with Gasteiger partial charge in [0.25, 0.3) is 0 Å². The molecule has 0 aliphatic carbocycles. The molecule has 0 radical (unpaired) electrons. The van der Waals surface area contributed by atoms with E-state index >= 15 is 0 Å². The van der Waals surface area contributed by atoms with Crippen molar-refractivity contribution >= 4 is 24.8 Å². The Morgan fingerprint density at radius 1 is 1.36 bits per heavy atom. The summed E-state index contributed by atoms with van der Waals surface area (Å²) in [6.45, 7) is 5.87. The van der Waals surface area contributed by atoms with Gasteiger partial charge >= 0.3 is 0 Å². The van der Waals surface area contributed by atoms with Gasteiger partial charge in [-0.25, -0.2) is 0 Å². The predicted octanol–water partition coefficient (Wildman–Crippen LogP) is 1.14. The summed E-state index contributed by atoms with van der Waals surface area (Å²) >= 11 is 0. The summed E-state index contributed by atoms with van der Waals surface area (Å²) in [4.78, 5) is 2.38. The lowest BCUT2D eigenvalue weighted by molar-refractivity contribution is 0.332. The Labute approximate surface area is 81.5 Å². The molecule has 1 saturated heterocycles. The summed E-state index contributed by atoms with van der Waals surface area (Å²) in [6.07, 6.45) is 1.29. The van der Waals surface area contributed by atoms with Gasteiger partial charge in [-0.1, -0.05) is 0 Å². The zero-order valence-corrected chi connectivity index (χ0v) is 8.80. The first kappa shape index (κ1) is 14.0. The number of nitrogens with one attached hydrogen (secondary N) is 1. The Morgan fingerprint density at radius 3 is 2.64 bits per heavy atom. The van der Waals surface area contributed by atoms with Crippen LogP contribution in [0.3, 0.4) is 0 Å². The van der Waals surface area contributed by atoms with Crippen LogP contribution < -0.4 is 5.32 Å². The normalized spacial score (nSPS) is 26.2. The predicted molar refractivity (Wildman–Crippen MR) is 54.1 cm³/mol. The van der Waals surface area contributed by atoms with E-state index in [1.54, 1.807) is 0 Å². The van der Waals surface area contributed by atoms with E-state index in [0.717, 1.165) is 0 Å². The number of nitrogens with zero attached hydrogens (tertiary/aromatic N) is 1. The first-order valence-electron chi connectivity index (χ1n) is 3.71. The Bertz CT molecular complexity index is 80.5. The molecule has 0 spiro atoms. The van der Waals surface area contributed by atoms with Crippen LogP contribution in [0.4, 0.5) is 0 Å². The molecule has 1 aliphatic heterocycles. The number of rotatable bonds is 0. The molecule has 1 fully saturated rings. The monoisotopic (exact) mass is 200 g/mol. The molecule has 0 unspecified atom stereocenters. The molecule has 4 heteroatoms. The van der Waals surface area contributed by atoms with Crippen molar-refractivity contribution in [1.29, 1.82) is 0 Å². The standard InChI is InChI=1S/C7H16N2.2ClH/c1-7-6-9(2)5-3-4-8-7;;/h7-8H,3-6H2,1-2H3;2*1H/t7-;;/m1../s1. The Balaban J connectivity index is 0. The van der Waals surface area contributed by atoms with Crippen LogP contribution in [-0.4, -0.2) is 37.6 Å². The lowest BCUT2D eigenvalue weighted by Gasteiger charge is -2.15. The van der Waals surface area contributed by atoms with Gasteiger partial charge in [0.2, 0.25) is 0 Å². The molecule has 11 heavy (non-hydrogen) atoms. The Morgan fingerprint density at radius 2 is 2.00 bits per heavy atom. The lowest BCUT2D eigenvalue weighted by Crippen LogP contribution is -2.33. The second-order valence-corrected chi connectivity index (χ2v) is 2.97. The minimum absolute atomic E-state index is 0. The molecular weight excluding hydrogens is 183 g/mol. The van der Waals surface area contributed by atoms with Gasteiger partial charge in [-0.2, -0.15) is 0 Å². The van der Waals surface area contributed by atoms with Crippen molar-refractivity contribution in [3.05, 3.63) is 0 Å². The van der Waals surface area contributed by atoms with Crippen molar-refractivity contribution in [2.75, 3.05) is 26.7 Å². The van der Waals surface area contributed by atoms with E-state index < -0.39 is 0 Å². The molecule has 1 atom stereocenters. The van der Waals surface area contributed by atoms with Gasteiger partial charge in [-0.05, 0) is 33.5 Å². The first-order valence-corrected chi connectivity index (χ1v) is 3.71. The zero-order chi connectivity index (χ0) is 6.69. The average molecular weight is 201 g/mol. The molecule has 1 aliphatic rings. The van der Waals surface area contributed by atoms with E-state index in [1.165, 1.54) is 26.1 Å². The van der Waals surface area contributed by atoms with Crippen LogP contribution in [0, 0.1) is 0 Å². The summed E-state index contributed by atoms with van der Waals surface area (Å²) in [5, 5.41) is 3.43. The minimum Gasteiger partial charge on any atom is -0.313 e. The third-order valence-electron chi connectivity index (χ3n) is 1.79. The van der Waals surface area contributed by atoms with Crippen molar-refractivity contribution in [3.63, 3.8) is 0 Å². The molecule has 0 saturated carbocycles. The topological polar surface area (TPSA) is 15.3 Å². The average Bonchev–Trinajstić information content (AvgIpc) is 1.93. The van der Waals surface area contributed by atoms with Gasteiger partial charge in [0.15, 0.2) is 0 Å². The third-order valence-corrected chi connectivity index (χ3v) is 1.79. The van der Waals surface area contributed by atoms with Crippen LogP contribution in [0.25, 0.3) is 0 Å². The van der Waals surface area contributed by atoms with Crippen LogP contribution in [0.2, 0.25) is 0 Å². The van der Waals surface area contributed by atoms with Crippen LogP contribution in [0.15, 0.2) is 0 Å². The van der Waals surface area contributed by atoms with Gasteiger partial charge < -0.3 is 10.2 Å². The molecule has 0 bridgehead atoms. The van der Waals surface area contributed by atoms with Crippen molar-refractivity contribution in [3.8, 4) is 0 Å². The van der Waals surface area contributed by atoms with Gasteiger partial charge in [0, 0.05) is 12.6 Å². The third kappa shape index (κ3) is 5.74. The SMILES string of the molecule is C[C@@H]1CN(C)CCCN1.Cl.Cl. The number of halogens is 2. The van der Waals surface area contributed by atoms with Crippen LogP contribution in [-0.2, 0) is 0 Å². The maximum Gasteiger partial charge on any atom is 0.0166 e. The van der Waals surface area contributed by atoms with E-state index in [2.05, 4.69) is 24.2 Å². The minimum atomic E-state index is 0. The highest BCUT2D eigenvalue weighted by Gasteiger charge is 2.08. The molecule has 1 N–H and O–H groups in total. The highest BCUT2D eigenvalue weighted by molar-refractivity contribution is 5.85. The molecule has 0 amide bonds. The highest BCUT2D eigenvalue weighted by Crippen LogP contribution is 1.95. The molecule has 0 aromatic rings. The maximum atomic E-state index is 3.43. The second-order valence-electron chi connectivity index (χ2n) is 2.97. The van der Waals surface area contributed by atoms with Crippen molar-refractivity contribution < 1.29 is 0 Å². The van der Waals surface area contributed by atoms with Crippen LogP contribution in [0.1, 0.15) is 13.3 Å². The highest BCUT2D eigenvalue weighted by atomic mass is 35.5. The number of likely N-dealkylation sites (N-methyl/N-ethyl adjacent to an activating group) is 1. The molecule has 70 valence electrons. The van der Waals surface area contributed by atoms with Gasteiger partial charge in [-0.15, -0.1) is 24.8 Å². The van der Waals surface area contributed by atoms with Gasteiger partial charge in [-0.3, -0.25) is 0 Å². The summed E-state index contributed by atoms with van der Waals surface area (Å²) in [6, 6.07) is 0.678. The van der Waals surface area contributed by atoms with E-state index in [9.17, 15) is 0 Å². The zero-order valence-electron chi connectivity index (χ0n) is 7.17. The van der Waals surface area contributed by atoms with Crippen LogP contribution in [0.5, 0.6) is 0 Å². The van der Waals surface area contributed by atoms with E-state index in [1.807, 2.05) is 0 Å². The quantitative estimate of drug-likeness (QED) is 0.632. The summed E-state index contributed by atoms with van der Waals surface area (Å²) in [7, 11) is 2.18. The molecule has 1 heterocycles. The summed E-state index contributed by atoms with van der Waals surface area (Å²) < 4.78 is 0.